The number of hydrogen-bond donors (Lipinski definition) is 2. The highest BCUT2D eigenvalue weighted by molar-refractivity contribution is 8.01. The van der Waals surface area contributed by atoms with E-state index in [2.05, 4.69) is 15.5 Å². The second kappa shape index (κ2) is 13.7. The van der Waals surface area contributed by atoms with Gasteiger partial charge in [0.2, 0.25) is 5.91 Å². The molecule has 2 saturated heterocycles. The second-order valence-electron chi connectivity index (χ2n) is 10.4. The van der Waals surface area contributed by atoms with Crippen molar-refractivity contribution in [1.82, 2.24) is 20.4 Å². The molecule has 43 heavy (non-hydrogen) atoms. The summed E-state index contributed by atoms with van der Waals surface area (Å²) >= 11 is 3.10. The predicted molar refractivity (Wildman–Crippen MR) is 153 cm³/mol. The summed E-state index contributed by atoms with van der Waals surface area (Å²) in [7, 11) is 0. The standard InChI is InChI=1S/C29H31F3N4O5S2/c1-17-34-35-28(43-17)42-16-22-13-24(20-8-6-19(15-37)7-9-20)41-26(40-22)21-10-4-18(5-11-21)14-33-25(38)23-3-2-12-36(23)27(39)29(30,31)32/h4-11,22-24,26,37H,2-3,12-16H2,1H3,(H,33,38)/t22-,23-,24+,26+/m0/s1. The van der Waals surface area contributed by atoms with Crippen LogP contribution >= 0.6 is 23.1 Å². The van der Waals surface area contributed by atoms with Gasteiger partial charge in [-0.05, 0) is 36.5 Å². The number of carbonyl (C=O) groups is 2. The van der Waals surface area contributed by atoms with Gasteiger partial charge in [0.05, 0.1) is 18.8 Å². The highest BCUT2D eigenvalue weighted by Crippen LogP contribution is 2.39. The van der Waals surface area contributed by atoms with E-state index in [1.807, 2.05) is 43.3 Å². The Balaban J connectivity index is 1.23. The number of aromatic nitrogens is 2. The number of amides is 2. The Kier molecular flexibility index (Phi) is 10.0. The van der Waals surface area contributed by atoms with Crippen LogP contribution in [-0.4, -0.2) is 62.6 Å². The van der Waals surface area contributed by atoms with Crippen LogP contribution in [0.2, 0.25) is 0 Å². The molecule has 9 nitrogen and oxygen atoms in total. The zero-order valence-corrected chi connectivity index (χ0v) is 24.9. The molecule has 0 unspecified atom stereocenters. The highest BCUT2D eigenvalue weighted by Gasteiger charge is 2.47. The summed E-state index contributed by atoms with van der Waals surface area (Å²) < 4.78 is 52.3. The number of aliphatic hydroxyl groups is 1. The van der Waals surface area contributed by atoms with E-state index in [0.29, 0.717) is 23.5 Å². The van der Waals surface area contributed by atoms with Gasteiger partial charge >= 0.3 is 12.1 Å². The van der Waals surface area contributed by atoms with Crippen LogP contribution in [0.5, 0.6) is 0 Å². The first-order chi connectivity index (χ1) is 20.6. The molecule has 0 aliphatic carbocycles. The monoisotopic (exact) mass is 636 g/mol. The fourth-order valence-corrected chi connectivity index (χ4v) is 6.93. The van der Waals surface area contributed by atoms with Crippen molar-refractivity contribution in [2.24, 2.45) is 0 Å². The van der Waals surface area contributed by atoms with Crippen LogP contribution in [0.1, 0.15) is 58.9 Å². The lowest BCUT2D eigenvalue weighted by Crippen LogP contribution is -2.50. The Labute approximate surface area is 254 Å². The number of nitrogens with one attached hydrogen (secondary N) is 1. The van der Waals surface area contributed by atoms with E-state index in [1.54, 1.807) is 23.9 Å². The van der Waals surface area contributed by atoms with E-state index >= 15 is 0 Å². The molecule has 230 valence electrons. The van der Waals surface area contributed by atoms with Crippen LogP contribution in [0.25, 0.3) is 0 Å². The normalized spacial score (nSPS) is 22.5. The molecule has 2 fully saturated rings. The summed E-state index contributed by atoms with van der Waals surface area (Å²) in [5.74, 6) is -1.95. The zero-order valence-electron chi connectivity index (χ0n) is 23.3. The third-order valence-electron chi connectivity index (χ3n) is 7.29. The molecule has 0 saturated carbocycles. The van der Waals surface area contributed by atoms with Crippen LogP contribution in [0.3, 0.4) is 0 Å². The van der Waals surface area contributed by atoms with E-state index in [-0.39, 0.29) is 38.3 Å². The van der Waals surface area contributed by atoms with Gasteiger partial charge in [-0.15, -0.1) is 10.2 Å². The number of aliphatic hydroxyl groups excluding tert-OH is 1. The molecule has 2 N–H and O–H groups in total. The summed E-state index contributed by atoms with van der Waals surface area (Å²) in [5.41, 5.74) is 3.28. The fourth-order valence-electron chi connectivity index (χ4n) is 5.07. The Morgan fingerprint density at radius 3 is 2.42 bits per heavy atom. The lowest BCUT2D eigenvalue weighted by atomic mass is 10.0. The van der Waals surface area contributed by atoms with Gasteiger partial charge in [-0.25, -0.2) is 0 Å². The van der Waals surface area contributed by atoms with Gasteiger partial charge in [-0.1, -0.05) is 71.6 Å². The van der Waals surface area contributed by atoms with E-state index in [1.165, 1.54) is 11.3 Å². The largest absolute Gasteiger partial charge is 0.471 e. The van der Waals surface area contributed by atoms with Gasteiger partial charge in [0, 0.05) is 30.8 Å². The highest BCUT2D eigenvalue weighted by atomic mass is 32.2. The maximum absolute atomic E-state index is 12.9. The molecule has 4 atom stereocenters. The van der Waals surface area contributed by atoms with Gasteiger partial charge in [-0.2, -0.15) is 13.2 Å². The molecule has 3 heterocycles. The molecule has 0 radical (unpaired) electrons. The molecule has 2 aliphatic rings. The molecule has 0 spiro atoms. The van der Waals surface area contributed by atoms with Crippen LogP contribution in [0.4, 0.5) is 13.2 Å². The van der Waals surface area contributed by atoms with Gasteiger partial charge < -0.3 is 24.8 Å². The average molecular weight is 637 g/mol. The lowest BCUT2D eigenvalue weighted by Gasteiger charge is -2.36. The third-order valence-corrected chi connectivity index (χ3v) is 9.40. The van der Waals surface area contributed by atoms with E-state index in [4.69, 9.17) is 9.47 Å². The maximum Gasteiger partial charge on any atom is 0.471 e. The number of hydrogen-bond acceptors (Lipinski definition) is 9. The van der Waals surface area contributed by atoms with Crippen molar-refractivity contribution in [2.75, 3.05) is 12.3 Å². The minimum atomic E-state index is -5.02. The van der Waals surface area contributed by atoms with Gasteiger partial charge in [0.25, 0.3) is 0 Å². The Morgan fingerprint density at radius 2 is 1.77 bits per heavy atom. The van der Waals surface area contributed by atoms with Crippen LogP contribution in [0.15, 0.2) is 52.9 Å². The first-order valence-electron chi connectivity index (χ1n) is 13.8. The van der Waals surface area contributed by atoms with Crippen molar-refractivity contribution in [2.45, 2.75) is 74.4 Å². The number of benzene rings is 2. The first-order valence-corrected chi connectivity index (χ1v) is 15.6. The number of nitrogens with zero attached hydrogens (tertiary/aromatic N) is 3. The summed E-state index contributed by atoms with van der Waals surface area (Å²) in [6, 6.07) is 13.7. The zero-order chi connectivity index (χ0) is 30.6. The molecule has 2 amide bonds. The molecular weight excluding hydrogens is 605 g/mol. The molecule has 2 aliphatic heterocycles. The predicted octanol–water partition coefficient (Wildman–Crippen LogP) is 4.85. The van der Waals surface area contributed by atoms with Gasteiger partial charge in [-0.3, -0.25) is 9.59 Å². The molecule has 0 bridgehead atoms. The molecule has 1 aromatic heterocycles. The van der Waals surface area contributed by atoms with Crippen molar-refractivity contribution < 1.29 is 37.3 Å². The first kappa shape index (κ1) is 31.4. The van der Waals surface area contributed by atoms with Crippen LogP contribution < -0.4 is 5.32 Å². The summed E-state index contributed by atoms with van der Waals surface area (Å²) in [6.07, 6.45) is -4.93. The Bertz CT molecular complexity index is 1400. The molecule has 2 aromatic carbocycles. The van der Waals surface area contributed by atoms with Crippen molar-refractivity contribution >= 4 is 34.9 Å². The number of thioether (sulfide) groups is 1. The summed E-state index contributed by atoms with van der Waals surface area (Å²) in [6.45, 7) is 1.85. The maximum atomic E-state index is 12.9. The van der Waals surface area contributed by atoms with E-state index < -0.39 is 30.3 Å². The minimum absolute atomic E-state index is 0.0462. The van der Waals surface area contributed by atoms with Crippen molar-refractivity contribution in [3.8, 4) is 0 Å². The third kappa shape index (κ3) is 7.92. The number of ether oxygens (including phenoxy) is 2. The van der Waals surface area contributed by atoms with Crippen LogP contribution in [-0.2, 0) is 32.2 Å². The van der Waals surface area contributed by atoms with Crippen LogP contribution in [0, 0.1) is 6.92 Å². The lowest BCUT2D eigenvalue weighted by molar-refractivity contribution is -0.245. The number of likely N-dealkylation sites (tertiary alicyclic amines) is 1. The van der Waals surface area contributed by atoms with Crippen molar-refractivity contribution in [3.63, 3.8) is 0 Å². The molecule has 3 aromatic rings. The SMILES string of the molecule is Cc1nnc(SC[C@@H]2C[C@H](c3ccc(CO)cc3)O[C@H](c3ccc(CNC(=O)[C@@H]4CCCN4C(=O)C(F)(F)F)cc3)O2)s1. The smallest absolute Gasteiger partial charge is 0.392 e. The van der Waals surface area contributed by atoms with E-state index in [9.17, 15) is 27.9 Å². The van der Waals surface area contributed by atoms with Crippen molar-refractivity contribution in [3.05, 3.63) is 75.8 Å². The van der Waals surface area contributed by atoms with E-state index in [0.717, 1.165) is 31.6 Å². The second-order valence-corrected chi connectivity index (χ2v) is 12.8. The number of carbonyl (C=O) groups excluding carboxylic acids is 2. The molecule has 14 heteroatoms. The molecule has 5 rings (SSSR count). The van der Waals surface area contributed by atoms with Crippen molar-refractivity contribution in [1.29, 1.82) is 0 Å². The Hall–Kier alpha value is -3.04. The average Bonchev–Trinajstić information content (AvgIpc) is 3.67. The quantitative estimate of drug-likeness (QED) is 0.321. The number of alkyl halides is 3. The fraction of sp³-hybridized carbons (Fsp3) is 0.448. The number of aryl methyl sites for hydroxylation is 1. The molecular formula is C29H31F3N4O5S2. The van der Waals surface area contributed by atoms with Gasteiger partial charge in [0.15, 0.2) is 10.6 Å². The topological polar surface area (TPSA) is 114 Å². The number of halogens is 3. The minimum Gasteiger partial charge on any atom is -0.392 e. The van der Waals surface area contributed by atoms with Gasteiger partial charge in [0.1, 0.15) is 11.0 Å². The Morgan fingerprint density at radius 1 is 1.07 bits per heavy atom. The summed E-state index contributed by atoms with van der Waals surface area (Å²) in [4.78, 5) is 25.0. The number of rotatable bonds is 9. The summed E-state index contributed by atoms with van der Waals surface area (Å²) in [5, 5.41) is 21.2.